The van der Waals surface area contributed by atoms with Crippen LogP contribution in [0.1, 0.15) is 33.1 Å². The predicted molar refractivity (Wildman–Crippen MR) is 72.7 cm³/mol. The minimum Gasteiger partial charge on any atom is -0.376 e. The molecule has 6 heteroatoms. The summed E-state index contributed by atoms with van der Waals surface area (Å²) < 4.78 is 7.35. The zero-order chi connectivity index (χ0) is 13.9. The van der Waals surface area contributed by atoms with Gasteiger partial charge in [0.15, 0.2) is 0 Å². The fourth-order valence-electron chi connectivity index (χ4n) is 1.96. The molecule has 1 aliphatic rings. The summed E-state index contributed by atoms with van der Waals surface area (Å²) in [6.07, 6.45) is 6.45. The maximum Gasteiger partial charge on any atom is 0.244 e. The number of aromatic nitrogens is 2. The van der Waals surface area contributed by atoms with Crippen LogP contribution >= 0.6 is 0 Å². The van der Waals surface area contributed by atoms with Gasteiger partial charge in [0.1, 0.15) is 0 Å². The van der Waals surface area contributed by atoms with Crippen molar-refractivity contribution < 1.29 is 9.53 Å². The number of anilines is 1. The molecule has 1 aliphatic heterocycles. The summed E-state index contributed by atoms with van der Waals surface area (Å²) >= 11 is 0. The van der Waals surface area contributed by atoms with E-state index in [9.17, 15) is 4.79 Å². The molecule has 19 heavy (non-hydrogen) atoms. The summed E-state index contributed by atoms with van der Waals surface area (Å²) in [5, 5.41) is 7.01. The lowest BCUT2D eigenvalue weighted by Crippen LogP contribution is -2.47. The molecule has 106 valence electrons. The summed E-state index contributed by atoms with van der Waals surface area (Å²) in [6, 6.07) is 0. The smallest absolute Gasteiger partial charge is 0.244 e. The number of hydrogen-bond acceptors (Lipinski definition) is 4. The first-order valence-corrected chi connectivity index (χ1v) is 6.75. The van der Waals surface area contributed by atoms with Gasteiger partial charge in [0, 0.05) is 12.8 Å². The maximum atomic E-state index is 11.9. The lowest BCUT2D eigenvalue weighted by Gasteiger charge is -2.20. The molecule has 2 atom stereocenters. The molecule has 2 rings (SSSR count). The Balaban J connectivity index is 1.91. The van der Waals surface area contributed by atoms with E-state index in [1.807, 2.05) is 13.1 Å². The third-order valence-corrected chi connectivity index (χ3v) is 3.56. The number of ether oxygens (including phenoxy) is 1. The lowest BCUT2D eigenvalue weighted by molar-refractivity contribution is -0.120. The zero-order valence-corrected chi connectivity index (χ0v) is 11.6. The van der Waals surface area contributed by atoms with E-state index >= 15 is 0 Å². The molecule has 1 amide bonds. The number of carbonyl (C=O) groups is 1. The number of carbonyl (C=O) groups excluding carboxylic acids is 1. The Morgan fingerprint density at radius 2 is 2.53 bits per heavy atom. The van der Waals surface area contributed by atoms with Gasteiger partial charge in [-0.2, -0.15) is 5.10 Å². The SMILES string of the molecule is CCC(C)(N)C(=O)Nc1cnn(CC2CCCO2)c1. The van der Waals surface area contributed by atoms with Gasteiger partial charge in [0.25, 0.3) is 0 Å². The highest BCUT2D eigenvalue weighted by Crippen LogP contribution is 2.15. The average molecular weight is 266 g/mol. The van der Waals surface area contributed by atoms with E-state index in [4.69, 9.17) is 10.5 Å². The van der Waals surface area contributed by atoms with Crippen LogP contribution in [0, 0.1) is 0 Å². The van der Waals surface area contributed by atoms with Crippen LogP contribution in [0.5, 0.6) is 0 Å². The Hall–Kier alpha value is -1.40. The lowest BCUT2D eigenvalue weighted by atomic mass is 9.99. The molecule has 0 radical (unpaired) electrons. The highest BCUT2D eigenvalue weighted by molar-refractivity contribution is 5.97. The molecule has 2 heterocycles. The Labute approximate surface area is 113 Å². The van der Waals surface area contributed by atoms with Crippen LogP contribution in [0.2, 0.25) is 0 Å². The van der Waals surface area contributed by atoms with Gasteiger partial charge in [0.2, 0.25) is 5.91 Å². The van der Waals surface area contributed by atoms with E-state index in [1.54, 1.807) is 17.8 Å². The standard InChI is InChI=1S/C13H22N4O2/c1-3-13(2,14)12(18)16-10-7-15-17(8-10)9-11-5-4-6-19-11/h7-8,11H,3-6,9,14H2,1-2H3,(H,16,18). The number of nitrogens with zero attached hydrogens (tertiary/aromatic N) is 2. The number of nitrogens with one attached hydrogen (secondary N) is 1. The van der Waals surface area contributed by atoms with Gasteiger partial charge in [-0.15, -0.1) is 0 Å². The first kappa shape index (κ1) is 14.0. The second kappa shape index (κ2) is 5.71. The van der Waals surface area contributed by atoms with Crippen LogP contribution in [0.15, 0.2) is 12.4 Å². The van der Waals surface area contributed by atoms with Crippen molar-refractivity contribution in [1.82, 2.24) is 9.78 Å². The van der Waals surface area contributed by atoms with Crippen LogP contribution in [-0.2, 0) is 16.1 Å². The van der Waals surface area contributed by atoms with Gasteiger partial charge in [-0.1, -0.05) is 6.92 Å². The molecule has 2 unspecified atom stereocenters. The van der Waals surface area contributed by atoms with Crippen molar-refractivity contribution >= 4 is 11.6 Å². The van der Waals surface area contributed by atoms with E-state index in [-0.39, 0.29) is 12.0 Å². The number of nitrogens with two attached hydrogens (primary N) is 1. The Bertz CT molecular complexity index is 436. The molecule has 3 N–H and O–H groups in total. The number of hydrogen-bond donors (Lipinski definition) is 2. The van der Waals surface area contributed by atoms with E-state index < -0.39 is 5.54 Å². The van der Waals surface area contributed by atoms with Crippen LogP contribution < -0.4 is 11.1 Å². The van der Waals surface area contributed by atoms with Gasteiger partial charge in [-0.05, 0) is 26.2 Å². The summed E-state index contributed by atoms with van der Waals surface area (Å²) in [7, 11) is 0. The third kappa shape index (κ3) is 3.54. The Morgan fingerprint density at radius 3 is 3.16 bits per heavy atom. The fourth-order valence-corrected chi connectivity index (χ4v) is 1.96. The van der Waals surface area contributed by atoms with E-state index in [0.29, 0.717) is 12.1 Å². The summed E-state index contributed by atoms with van der Waals surface area (Å²) in [5.74, 6) is -0.188. The first-order valence-electron chi connectivity index (χ1n) is 6.75. The summed E-state index contributed by atoms with van der Waals surface area (Å²) in [4.78, 5) is 11.9. The first-order chi connectivity index (χ1) is 9.01. The van der Waals surface area contributed by atoms with Crippen LogP contribution in [0.4, 0.5) is 5.69 Å². The maximum absolute atomic E-state index is 11.9. The van der Waals surface area contributed by atoms with Crippen LogP contribution in [-0.4, -0.2) is 33.9 Å². The van der Waals surface area contributed by atoms with Gasteiger partial charge in [-0.25, -0.2) is 0 Å². The normalized spacial score (nSPS) is 22.2. The Morgan fingerprint density at radius 1 is 1.74 bits per heavy atom. The van der Waals surface area contributed by atoms with Gasteiger partial charge in [0.05, 0.1) is 30.1 Å². The third-order valence-electron chi connectivity index (χ3n) is 3.56. The summed E-state index contributed by atoms with van der Waals surface area (Å²) in [6.45, 7) is 5.17. The molecule has 0 saturated carbocycles. The quantitative estimate of drug-likeness (QED) is 0.837. The minimum atomic E-state index is -0.851. The van der Waals surface area contributed by atoms with E-state index in [1.165, 1.54) is 0 Å². The topological polar surface area (TPSA) is 82.2 Å². The Kier molecular flexibility index (Phi) is 4.21. The van der Waals surface area contributed by atoms with Crippen molar-refractivity contribution in [1.29, 1.82) is 0 Å². The molecule has 1 aromatic rings. The molecule has 1 fully saturated rings. The van der Waals surface area contributed by atoms with Gasteiger partial charge < -0.3 is 15.8 Å². The molecule has 6 nitrogen and oxygen atoms in total. The van der Waals surface area contributed by atoms with Crippen molar-refractivity contribution in [2.75, 3.05) is 11.9 Å². The predicted octanol–water partition coefficient (Wildman–Crippen LogP) is 1.13. The number of rotatable bonds is 5. The fraction of sp³-hybridized carbons (Fsp3) is 0.692. The summed E-state index contributed by atoms with van der Waals surface area (Å²) in [5.41, 5.74) is 5.71. The molecular formula is C13H22N4O2. The largest absolute Gasteiger partial charge is 0.376 e. The molecule has 0 aromatic carbocycles. The number of amides is 1. The van der Waals surface area contributed by atoms with Crippen LogP contribution in [0.3, 0.4) is 0 Å². The molecule has 0 aliphatic carbocycles. The minimum absolute atomic E-state index is 0.188. The van der Waals surface area contributed by atoms with Crippen molar-refractivity contribution in [2.45, 2.75) is 51.3 Å². The zero-order valence-electron chi connectivity index (χ0n) is 11.6. The van der Waals surface area contributed by atoms with E-state index in [0.717, 1.165) is 26.0 Å². The van der Waals surface area contributed by atoms with Gasteiger partial charge >= 0.3 is 0 Å². The van der Waals surface area contributed by atoms with Crippen molar-refractivity contribution in [3.05, 3.63) is 12.4 Å². The van der Waals surface area contributed by atoms with Crippen LogP contribution in [0.25, 0.3) is 0 Å². The van der Waals surface area contributed by atoms with E-state index in [2.05, 4.69) is 10.4 Å². The second-order valence-electron chi connectivity index (χ2n) is 5.31. The second-order valence-corrected chi connectivity index (χ2v) is 5.31. The molecule has 1 saturated heterocycles. The average Bonchev–Trinajstić information content (AvgIpc) is 3.02. The van der Waals surface area contributed by atoms with Crippen molar-refractivity contribution in [3.63, 3.8) is 0 Å². The molecule has 0 spiro atoms. The highest BCUT2D eigenvalue weighted by atomic mass is 16.5. The molecular weight excluding hydrogens is 244 g/mol. The molecule has 0 bridgehead atoms. The monoisotopic (exact) mass is 266 g/mol. The van der Waals surface area contributed by atoms with Gasteiger partial charge in [-0.3, -0.25) is 9.48 Å². The van der Waals surface area contributed by atoms with Crippen molar-refractivity contribution in [3.8, 4) is 0 Å². The molecule has 1 aromatic heterocycles. The van der Waals surface area contributed by atoms with Crippen molar-refractivity contribution in [2.24, 2.45) is 5.73 Å². The highest BCUT2D eigenvalue weighted by Gasteiger charge is 2.26.